The molecule has 1 saturated heterocycles. The van der Waals surface area contributed by atoms with Gasteiger partial charge >= 0.3 is 39.9 Å². The summed E-state index contributed by atoms with van der Waals surface area (Å²) >= 11 is 14.2. The van der Waals surface area contributed by atoms with Crippen LogP contribution in [-0.2, 0) is 28.6 Å². The van der Waals surface area contributed by atoms with Crippen LogP contribution in [0.25, 0.3) is 34.0 Å². The number of nitrogens with two attached hydrogens (primary N) is 2. The summed E-state index contributed by atoms with van der Waals surface area (Å²) < 4.78 is 51.6. The number of fused-ring (bicyclic) bond motifs is 2. The number of rotatable bonds is 22. The van der Waals surface area contributed by atoms with Crippen LogP contribution in [0.15, 0.2) is 124 Å². The van der Waals surface area contributed by atoms with Gasteiger partial charge < -0.3 is 88.0 Å². The van der Waals surface area contributed by atoms with Gasteiger partial charge in [0.05, 0.1) is 183 Å². The SMILES string of the molecule is C.COC(=O)C(=O)Cl.COC(=O)C(=O)c1c[nH]c2c(OC)ncc(OC)c12.COC(C)N(C)C.COc1cnc(OC)c([N+](=O)[O-])c1/C=C/[N+](C)(C)C.COc1cnc(OC)c2[nH]ccc12.COc1ncc(Br)c(/C=C/[N+](C)(C)C)c1[N+](=O)[O-].Cc1c(Br)cnc(N)c1[N+](=O)[O-].Cc1ccnc(N)c1[N+](=O)[O-].Cc1ncc(Br)c(C)c1[N+](=O)[O-].Cl.Cl.O=C(c1ccccc1)N1CCNCC1. The number of aryl methyl sites for hydroxylation is 2. The summed E-state index contributed by atoms with van der Waals surface area (Å²) in [6.45, 7) is 12.0. The van der Waals surface area contributed by atoms with Crippen LogP contribution in [0.4, 0.5) is 40.1 Å². The molecule has 1 aliphatic heterocycles. The second kappa shape index (κ2) is 60.9. The molecule has 10 aromatic rings. The Hall–Kier alpha value is -13.1. The average molecular weight is 2150 g/mol. The van der Waals surface area contributed by atoms with Gasteiger partial charge in [-0.1, -0.05) is 25.6 Å². The zero-order valence-electron chi connectivity index (χ0n) is 77.3. The molecule has 0 spiro atoms. The van der Waals surface area contributed by atoms with Gasteiger partial charge in [0, 0.05) is 119 Å². The Morgan fingerprint density at radius 1 is 0.526 bits per heavy atom. The van der Waals surface area contributed by atoms with Gasteiger partial charge in [-0.3, -0.25) is 74.8 Å². The first kappa shape index (κ1) is 124. The molecule has 1 unspecified atom stereocenters. The maximum atomic E-state index is 11.9. The van der Waals surface area contributed by atoms with Gasteiger partial charge in [-0.15, -0.1) is 24.8 Å². The Labute approximate surface area is 820 Å². The molecule has 1 aliphatic rings. The van der Waals surface area contributed by atoms with Crippen LogP contribution in [0, 0.1) is 78.3 Å². The maximum absolute atomic E-state index is 11.9. The van der Waals surface area contributed by atoms with Crippen LogP contribution in [0.5, 0.6) is 40.8 Å². The van der Waals surface area contributed by atoms with E-state index in [0.29, 0.717) is 90.1 Å². The minimum atomic E-state index is -1.09. The van der Waals surface area contributed by atoms with Gasteiger partial charge in [-0.25, -0.2) is 39.5 Å². The highest BCUT2D eigenvalue weighted by molar-refractivity contribution is 9.11. The van der Waals surface area contributed by atoms with E-state index >= 15 is 0 Å². The molecule has 0 bridgehead atoms. The standard InChI is InChI=1S/C12H18N3O4.C12H12N2O5.C11H15BrN3O3.C11H14N2O.C9H10N2O2.C7H7BrN2O2.C6H6BrN3O2.C6H7N3O2.C5H13NO.C3H3ClO3.CH4.2ClH/c1-15(2,3)7-6-9-10(18-4)8-13-12(19-5)11(9)14(16)17;1-17-7-5-14-11(18-2)9-8(7)6(4-13-9)10(15)12(16)19-3;1-15(2,3)6-5-8-9(12)7-13-11(18-4)10(8)14(16)17;14-11(10-4-2-1-3-5-10)13-8-6-12-7-9-13;1-12-7-5-11-9(13-2)8-6(7)3-4-10-8;1-4-6(8)3-9-5(2)7(4)10(11)12;1-3-4(7)2-9-6(8)5(3)10(11)12;1-4-2-3-8-6(7)5(4)9(10)11;1-5(7-4)6(2)3;1-7-3(6)2(4)5;;;/h6-8H,1-5H3;4-5,13H,1-3H3;5-7H,1-4H3;1-5,12H,6-9H2;3-5,10H,1-2H3;3H,1-2H3;2H,1H3,(H2,8,9);2-3H,1H3,(H2,7,8);5H,1-4H3;1H3;1H4;2*1H/q+1;;+1;;;;;;;;;;/b7-6+;;6-5+;;;;;;;;;;. The molecule has 9 aromatic heterocycles. The van der Waals surface area contributed by atoms with Gasteiger partial charge in [0.1, 0.15) is 40.0 Å². The first-order chi connectivity index (χ1) is 62.0. The summed E-state index contributed by atoms with van der Waals surface area (Å²) in [6, 6.07) is 12.9. The van der Waals surface area contributed by atoms with Crippen molar-refractivity contribution < 1.29 is 105 Å². The highest BCUT2D eigenvalue weighted by atomic mass is 79.9. The Balaban J connectivity index is 0. The number of pyridine rings is 7. The van der Waals surface area contributed by atoms with Crippen LogP contribution in [0.1, 0.15) is 68.6 Å². The lowest BCUT2D eigenvalue weighted by Gasteiger charge is -2.27. The largest absolute Gasteiger partial charge is 0.494 e. The van der Waals surface area contributed by atoms with E-state index in [9.17, 15) is 74.5 Å². The normalized spacial score (nSPS) is 11.1. The highest BCUT2D eigenvalue weighted by Crippen LogP contribution is 2.39. The summed E-state index contributed by atoms with van der Waals surface area (Å²) in [5, 5.41) is 57.2. The van der Waals surface area contributed by atoms with E-state index < -0.39 is 47.6 Å². The Bertz CT molecular complexity index is 5560. The highest BCUT2D eigenvalue weighted by Gasteiger charge is 2.29. The fourth-order valence-corrected chi connectivity index (χ4v) is 11.4. The molecule has 11 rings (SSSR count). The van der Waals surface area contributed by atoms with Crippen LogP contribution in [0.3, 0.4) is 0 Å². The third-order valence-electron chi connectivity index (χ3n) is 17.2. The molecule has 738 valence electrons. The molecule has 135 heavy (non-hydrogen) atoms. The number of nitrogen functional groups attached to an aromatic ring is 2. The number of nitrogens with one attached hydrogen (secondary N) is 3. The molecule has 0 aliphatic carbocycles. The summed E-state index contributed by atoms with van der Waals surface area (Å²) in [5.74, 6) is -0.376. The van der Waals surface area contributed by atoms with Crippen molar-refractivity contribution in [2.24, 2.45) is 0 Å². The topological polar surface area (TPSA) is 586 Å². The lowest BCUT2D eigenvalue weighted by Crippen LogP contribution is -2.46. The summed E-state index contributed by atoms with van der Waals surface area (Å²) in [6.07, 6.45) is 20.9. The number of carbonyl (C=O) groups excluding carboxylic acids is 5. The number of carbonyl (C=O) groups is 5. The van der Waals surface area contributed by atoms with E-state index in [0.717, 1.165) is 62.6 Å². The number of aromatic nitrogens is 9. The number of quaternary nitrogens is 2. The van der Waals surface area contributed by atoms with Crippen molar-refractivity contribution in [1.29, 1.82) is 0 Å². The Kier molecular flexibility index (Phi) is 55.9. The predicted octanol–water partition coefficient (Wildman–Crippen LogP) is 14.2. The maximum Gasteiger partial charge on any atom is 0.391 e. The van der Waals surface area contributed by atoms with E-state index in [-0.39, 0.29) is 102 Å². The molecule has 0 radical (unpaired) electrons. The van der Waals surface area contributed by atoms with Crippen LogP contribution >= 0.6 is 84.2 Å². The summed E-state index contributed by atoms with van der Waals surface area (Å²) in [4.78, 5) is 142. The first-order valence-electron chi connectivity index (χ1n) is 38.1. The number of nitrogens with zero attached hydrogens (tertiary/aromatic N) is 16. The Morgan fingerprint density at radius 3 is 1.36 bits per heavy atom. The average Bonchev–Trinajstić information content (AvgIpc) is 1.65. The minimum absolute atomic E-state index is 0. The quantitative estimate of drug-likeness (QED) is 0.00615. The molecule has 46 nitrogen and oxygen atoms in total. The number of Topliss-reactive ketones (excluding diaryl/α,β-unsaturated/α-hetero) is 1. The smallest absolute Gasteiger partial charge is 0.391 e. The molecule has 0 saturated carbocycles. The molecule has 52 heteroatoms. The number of methoxy groups -OCH3 is 10. The van der Waals surface area contributed by atoms with E-state index in [1.807, 2.05) is 128 Å². The molecule has 1 amide bonds. The number of benzene rings is 1. The summed E-state index contributed by atoms with van der Waals surface area (Å²) in [7, 11) is 29.8. The van der Waals surface area contributed by atoms with E-state index in [4.69, 9.17) is 49.4 Å². The summed E-state index contributed by atoms with van der Waals surface area (Å²) in [5.41, 5.74) is 15.2. The number of amides is 1. The first-order valence-corrected chi connectivity index (χ1v) is 40.8. The van der Waals surface area contributed by atoms with Crippen molar-refractivity contribution in [3.8, 4) is 40.8 Å². The van der Waals surface area contributed by atoms with Gasteiger partial charge in [0.15, 0.2) is 5.75 Å². The third-order valence-corrected chi connectivity index (χ3v) is 19.6. The molecule has 7 N–H and O–H groups in total. The van der Waals surface area contributed by atoms with Crippen molar-refractivity contribution >= 4 is 187 Å². The second-order valence-electron chi connectivity index (χ2n) is 28.3. The van der Waals surface area contributed by atoms with Crippen molar-refractivity contribution in [1.82, 2.24) is 60.0 Å². The number of nitro groups is 5. The lowest BCUT2D eigenvalue weighted by molar-refractivity contribution is -0.816. The van der Waals surface area contributed by atoms with Crippen molar-refractivity contribution in [2.45, 2.75) is 48.3 Å². The van der Waals surface area contributed by atoms with E-state index in [2.05, 4.69) is 119 Å². The number of ketones is 1. The lowest BCUT2D eigenvalue weighted by atomic mass is 10.1. The monoisotopic (exact) mass is 2140 g/mol. The molecule has 10 heterocycles. The van der Waals surface area contributed by atoms with Gasteiger partial charge in [0.2, 0.25) is 23.4 Å². The van der Waals surface area contributed by atoms with Gasteiger partial charge in [-0.05, 0) is 132 Å². The third kappa shape index (κ3) is 38.8. The number of esters is 2. The van der Waals surface area contributed by atoms with Crippen LogP contribution in [-0.4, -0.2) is 277 Å². The van der Waals surface area contributed by atoms with Crippen molar-refractivity contribution in [3.05, 3.63) is 219 Å². The van der Waals surface area contributed by atoms with Crippen LogP contribution in [0.2, 0.25) is 0 Å². The Morgan fingerprint density at radius 2 is 0.956 bits per heavy atom. The predicted molar refractivity (Wildman–Crippen MR) is 523 cm³/mol. The zero-order valence-corrected chi connectivity index (χ0v) is 84.4. The molecule has 1 fully saturated rings. The number of ether oxygens (including phenoxy) is 10. The van der Waals surface area contributed by atoms with Crippen molar-refractivity contribution in [2.75, 3.05) is 165 Å². The second-order valence-corrected chi connectivity index (χ2v) is 31.2. The van der Waals surface area contributed by atoms with Crippen molar-refractivity contribution in [3.63, 3.8) is 0 Å². The number of piperazine rings is 1. The number of halogens is 6. The number of hydrogen-bond donors (Lipinski definition) is 5. The number of H-pyrrole nitrogens is 2. The van der Waals surface area contributed by atoms with Gasteiger partial charge in [0.25, 0.3) is 29.1 Å². The molecular weight excluding hydrogens is 2040 g/mol. The number of hydrogen-bond acceptors (Lipinski definition) is 36. The number of anilines is 2. The molecule has 1 aromatic carbocycles. The fourth-order valence-electron chi connectivity index (χ4n) is 10.3. The minimum Gasteiger partial charge on any atom is -0.494 e. The van der Waals surface area contributed by atoms with Crippen LogP contribution < -0.4 is 49.9 Å². The van der Waals surface area contributed by atoms with E-state index in [1.165, 1.54) is 72.7 Å². The van der Waals surface area contributed by atoms with Gasteiger partial charge in [-0.2, -0.15) is 0 Å². The molecular formula is C83H111Br3Cl3N21O25+2. The zero-order chi connectivity index (χ0) is 100. The number of aromatic amines is 2. The molecule has 1 atom stereocenters. The van der Waals surface area contributed by atoms with E-state index in [1.54, 1.807) is 79.6 Å². The fraction of sp³-hybridized carbons (Fsp3) is 0.349.